The number of halogens is 1. The molecule has 0 bridgehead atoms. The minimum absolute atomic E-state index is 0.504. The second-order valence-corrected chi connectivity index (χ2v) is 6.95. The van der Waals surface area contributed by atoms with Crippen LogP contribution in [0.4, 0.5) is 0 Å². The molecule has 0 spiro atoms. The molecule has 3 aromatic rings. The Morgan fingerprint density at radius 1 is 1.26 bits per heavy atom. The van der Waals surface area contributed by atoms with Crippen molar-refractivity contribution in [2.24, 2.45) is 0 Å². The third-order valence-corrected chi connectivity index (χ3v) is 4.29. The monoisotopic (exact) mass is 378 g/mol. The van der Waals surface area contributed by atoms with Gasteiger partial charge < -0.3 is 9.84 Å². The lowest BCUT2D eigenvalue weighted by molar-refractivity contribution is 0.0650. The number of aromatic nitrogens is 4. The molecule has 1 aromatic carbocycles. The average molecular weight is 379 g/mol. The van der Waals surface area contributed by atoms with Gasteiger partial charge in [0, 0.05) is 22.6 Å². The lowest BCUT2D eigenvalue weighted by Gasteiger charge is -2.16. The molecule has 0 amide bonds. The number of hydrogen-bond donors (Lipinski definition) is 1. The van der Waals surface area contributed by atoms with Crippen molar-refractivity contribution in [1.29, 1.82) is 0 Å². The summed E-state index contributed by atoms with van der Waals surface area (Å²) in [6, 6.07) is 5.90. The first kappa shape index (κ1) is 16.0. The fraction of sp³-hybridized carbons (Fsp3) is 0.375. The summed E-state index contributed by atoms with van der Waals surface area (Å²) in [5.41, 5.74) is 0.932. The van der Waals surface area contributed by atoms with Crippen LogP contribution in [0, 0.1) is 0 Å². The van der Waals surface area contributed by atoms with Crippen LogP contribution in [0.2, 0.25) is 0 Å². The summed E-state index contributed by atoms with van der Waals surface area (Å²) in [4.78, 5) is 0. The number of benzene rings is 1. The zero-order valence-electron chi connectivity index (χ0n) is 13.3. The normalized spacial score (nSPS) is 12.0. The first-order chi connectivity index (χ1) is 10.9. The van der Waals surface area contributed by atoms with Crippen LogP contribution in [0.1, 0.15) is 20.3 Å². The summed E-state index contributed by atoms with van der Waals surface area (Å²) in [5.74, 6) is 0.504. The molecular weight excluding hydrogens is 360 g/mol. The number of ether oxygens (including phenoxy) is 1. The van der Waals surface area contributed by atoms with E-state index in [4.69, 9.17) is 4.74 Å². The summed E-state index contributed by atoms with van der Waals surface area (Å²) >= 11 is 3.54. The minimum atomic E-state index is -0.732. The number of aryl methyl sites for hydroxylation is 1. The molecule has 0 aliphatic carbocycles. The van der Waals surface area contributed by atoms with Gasteiger partial charge in [-0.2, -0.15) is 5.10 Å². The summed E-state index contributed by atoms with van der Waals surface area (Å²) in [5, 5.41) is 19.9. The van der Waals surface area contributed by atoms with E-state index in [1.54, 1.807) is 30.3 Å². The van der Waals surface area contributed by atoms with Gasteiger partial charge in [0.05, 0.1) is 24.4 Å². The van der Waals surface area contributed by atoms with Gasteiger partial charge in [0.25, 0.3) is 5.88 Å². The molecule has 122 valence electrons. The second kappa shape index (κ2) is 5.98. The van der Waals surface area contributed by atoms with Crippen molar-refractivity contribution in [2.45, 2.75) is 32.4 Å². The van der Waals surface area contributed by atoms with Gasteiger partial charge in [-0.15, -0.1) is 5.10 Å². The Labute approximate surface area is 142 Å². The first-order valence-electron chi connectivity index (χ1n) is 7.35. The Morgan fingerprint density at radius 3 is 2.70 bits per heavy atom. The van der Waals surface area contributed by atoms with Gasteiger partial charge in [-0.05, 0) is 32.4 Å². The highest BCUT2D eigenvalue weighted by molar-refractivity contribution is 9.10. The van der Waals surface area contributed by atoms with Crippen molar-refractivity contribution in [2.75, 3.05) is 7.11 Å². The third-order valence-electron chi connectivity index (χ3n) is 3.60. The quantitative estimate of drug-likeness (QED) is 0.740. The number of rotatable bonds is 5. The highest BCUT2D eigenvalue weighted by Crippen LogP contribution is 2.27. The van der Waals surface area contributed by atoms with E-state index >= 15 is 0 Å². The van der Waals surface area contributed by atoms with E-state index in [2.05, 4.69) is 26.1 Å². The average Bonchev–Trinajstić information content (AvgIpc) is 3.08. The van der Waals surface area contributed by atoms with Gasteiger partial charge in [0.2, 0.25) is 0 Å². The first-order valence-corrected chi connectivity index (χ1v) is 8.15. The Kier molecular flexibility index (Phi) is 4.16. The van der Waals surface area contributed by atoms with Crippen LogP contribution in [-0.4, -0.2) is 37.4 Å². The van der Waals surface area contributed by atoms with E-state index < -0.39 is 5.60 Å². The fourth-order valence-corrected chi connectivity index (χ4v) is 2.79. The van der Waals surface area contributed by atoms with Crippen LogP contribution in [0.3, 0.4) is 0 Å². The highest BCUT2D eigenvalue weighted by Gasteiger charge is 2.17. The zero-order chi connectivity index (χ0) is 16.6. The Balaban J connectivity index is 1.97. The van der Waals surface area contributed by atoms with Gasteiger partial charge in [-0.3, -0.25) is 4.68 Å². The summed E-state index contributed by atoms with van der Waals surface area (Å²) in [6.45, 7) is 4.17. The number of hydrogen-bond acceptors (Lipinski definition) is 4. The molecule has 0 saturated heterocycles. The Bertz CT molecular complexity index is 832. The number of fused-ring (bicyclic) bond motifs is 1. The smallest absolute Gasteiger partial charge is 0.258 e. The van der Waals surface area contributed by atoms with E-state index in [0.29, 0.717) is 18.8 Å². The Morgan fingerprint density at radius 2 is 2.04 bits per heavy atom. The maximum atomic E-state index is 9.86. The van der Waals surface area contributed by atoms with Crippen LogP contribution in [0.15, 0.2) is 35.1 Å². The fourth-order valence-electron chi connectivity index (χ4n) is 2.33. The van der Waals surface area contributed by atoms with Crippen LogP contribution >= 0.6 is 15.9 Å². The third kappa shape index (κ3) is 3.40. The SMILES string of the molecule is COc1nn(CCC(C)(C)O)cc1-n1cc2c(Br)cccc2n1. The van der Waals surface area contributed by atoms with Crippen molar-refractivity contribution < 1.29 is 9.84 Å². The summed E-state index contributed by atoms with van der Waals surface area (Å²) in [7, 11) is 1.59. The van der Waals surface area contributed by atoms with Crippen molar-refractivity contribution in [3.63, 3.8) is 0 Å². The highest BCUT2D eigenvalue weighted by atomic mass is 79.9. The van der Waals surface area contributed by atoms with Crippen LogP contribution in [-0.2, 0) is 6.54 Å². The molecule has 7 heteroatoms. The molecule has 0 unspecified atom stereocenters. The van der Waals surface area contributed by atoms with E-state index in [9.17, 15) is 5.11 Å². The topological polar surface area (TPSA) is 65.1 Å². The Hall–Kier alpha value is -1.86. The number of nitrogens with zero attached hydrogens (tertiary/aromatic N) is 4. The van der Waals surface area contributed by atoms with Crippen molar-refractivity contribution in [3.8, 4) is 11.6 Å². The molecule has 2 heterocycles. The molecule has 0 aliphatic rings. The molecule has 0 aliphatic heterocycles. The lowest BCUT2D eigenvalue weighted by atomic mass is 10.1. The van der Waals surface area contributed by atoms with E-state index in [1.807, 2.05) is 30.6 Å². The second-order valence-electron chi connectivity index (χ2n) is 6.10. The maximum absolute atomic E-state index is 9.86. The van der Waals surface area contributed by atoms with Gasteiger partial charge >= 0.3 is 0 Å². The van der Waals surface area contributed by atoms with Gasteiger partial charge in [0.1, 0.15) is 5.69 Å². The van der Waals surface area contributed by atoms with E-state index in [-0.39, 0.29) is 0 Å². The molecule has 0 fully saturated rings. The summed E-state index contributed by atoms with van der Waals surface area (Å²) in [6.07, 6.45) is 4.42. The molecule has 0 radical (unpaired) electrons. The van der Waals surface area contributed by atoms with Crippen molar-refractivity contribution in [3.05, 3.63) is 35.1 Å². The molecule has 1 N–H and O–H groups in total. The zero-order valence-corrected chi connectivity index (χ0v) is 14.9. The van der Waals surface area contributed by atoms with Crippen LogP contribution < -0.4 is 4.74 Å². The lowest BCUT2D eigenvalue weighted by Crippen LogP contribution is -2.21. The molecule has 0 saturated carbocycles. The molecule has 0 atom stereocenters. The molecule has 2 aromatic heterocycles. The van der Waals surface area contributed by atoms with Crippen LogP contribution in [0.25, 0.3) is 16.6 Å². The largest absolute Gasteiger partial charge is 0.478 e. The molecule has 23 heavy (non-hydrogen) atoms. The van der Waals surface area contributed by atoms with Gasteiger partial charge in [0.15, 0.2) is 0 Å². The molecule has 3 rings (SSSR count). The number of methoxy groups -OCH3 is 1. The standard InChI is InChI=1S/C16H19BrN4O2/c1-16(2,22)7-8-20-10-14(15(19-20)23-3)21-9-11-12(17)5-4-6-13(11)18-21/h4-6,9-10,22H,7-8H2,1-3H3. The minimum Gasteiger partial charge on any atom is -0.478 e. The predicted molar refractivity (Wildman–Crippen MR) is 92.0 cm³/mol. The summed E-state index contributed by atoms with van der Waals surface area (Å²) < 4.78 is 9.90. The van der Waals surface area contributed by atoms with Crippen molar-refractivity contribution in [1.82, 2.24) is 19.6 Å². The predicted octanol–water partition coefficient (Wildman–Crippen LogP) is 3.15. The van der Waals surface area contributed by atoms with Crippen molar-refractivity contribution >= 4 is 26.8 Å². The maximum Gasteiger partial charge on any atom is 0.258 e. The molecule has 6 nitrogen and oxygen atoms in total. The molecular formula is C16H19BrN4O2. The van der Waals surface area contributed by atoms with E-state index in [0.717, 1.165) is 21.1 Å². The number of aliphatic hydroxyl groups is 1. The van der Waals surface area contributed by atoms with Gasteiger partial charge in [-0.25, -0.2) is 4.68 Å². The van der Waals surface area contributed by atoms with Gasteiger partial charge in [-0.1, -0.05) is 22.0 Å². The van der Waals surface area contributed by atoms with E-state index in [1.165, 1.54) is 0 Å². The van der Waals surface area contributed by atoms with Crippen LogP contribution in [0.5, 0.6) is 5.88 Å².